The number of benzene rings is 2. The molecule has 0 bridgehead atoms. The molecule has 2 aromatic rings. The fourth-order valence-corrected chi connectivity index (χ4v) is 5.51. The van der Waals surface area contributed by atoms with Crippen LogP contribution in [0.5, 0.6) is 11.5 Å². The summed E-state index contributed by atoms with van der Waals surface area (Å²) in [6.45, 7) is 3.58. The number of Topliss-reactive ketones (excluding diaryl/α,β-unsaturated/α-hetero) is 1. The highest BCUT2D eigenvalue weighted by atomic mass is 32.2. The van der Waals surface area contributed by atoms with Crippen LogP contribution in [-0.2, 0) is 10.0 Å². The molecule has 0 aromatic heterocycles. The molecule has 2 aromatic carbocycles. The van der Waals surface area contributed by atoms with Crippen molar-refractivity contribution in [3.63, 3.8) is 0 Å². The number of carbonyl (C=O) groups is 1. The molecule has 1 fully saturated rings. The first-order chi connectivity index (χ1) is 14.4. The van der Waals surface area contributed by atoms with Crippen LogP contribution >= 0.6 is 0 Å². The van der Waals surface area contributed by atoms with E-state index in [9.17, 15) is 13.2 Å². The molecule has 1 atom stereocenters. The van der Waals surface area contributed by atoms with E-state index in [4.69, 9.17) is 9.47 Å². The lowest BCUT2D eigenvalue weighted by Crippen LogP contribution is -2.41. The molecule has 0 saturated carbocycles. The summed E-state index contributed by atoms with van der Waals surface area (Å²) < 4.78 is 38.4. The van der Waals surface area contributed by atoms with E-state index < -0.39 is 10.0 Å². The summed E-state index contributed by atoms with van der Waals surface area (Å²) in [4.78, 5) is 12.8. The van der Waals surface area contributed by atoms with E-state index in [1.54, 1.807) is 46.8 Å². The smallest absolute Gasteiger partial charge is 0.243 e. The van der Waals surface area contributed by atoms with E-state index in [2.05, 4.69) is 5.32 Å². The topological polar surface area (TPSA) is 84.9 Å². The van der Waals surface area contributed by atoms with E-state index in [1.807, 2.05) is 6.92 Å². The standard InChI is InChI=1S/C22H26N2O5S/c1-16-4-2-3-11-24(16)30(26,27)19-8-6-18(7-9-19)23-15-20(25)17-5-10-21-22(14-17)29-13-12-28-21/h5-10,14,16,23H,2-4,11-13,15H2,1H3. The monoisotopic (exact) mass is 430 g/mol. The fourth-order valence-electron chi connectivity index (χ4n) is 3.81. The zero-order valence-electron chi connectivity index (χ0n) is 17.0. The molecule has 0 radical (unpaired) electrons. The Labute approximate surface area is 177 Å². The van der Waals surface area contributed by atoms with Crippen LogP contribution < -0.4 is 14.8 Å². The van der Waals surface area contributed by atoms with Crippen molar-refractivity contribution in [2.75, 3.05) is 31.6 Å². The van der Waals surface area contributed by atoms with Gasteiger partial charge in [0.15, 0.2) is 17.3 Å². The summed E-state index contributed by atoms with van der Waals surface area (Å²) in [6, 6.07) is 11.7. The molecular weight excluding hydrogens is 404 g/mol. The number of nitrogens with one attached hydrogen (secondary N) is 1. The third-order valence-electron chi connectivity index (χ3n) is 5.52. The van der Waals surface area contributed by atoms with Crippen molar-refractivity contribution in [2.24, 2.45) is 0 Å². The Kier molecular flexibility index (Phi) is 5.97. The molecule has 2 heterocycles. The Morgan fingerprint density at radius 3 is 2.53 bits per heavy atom. The van der Waals surface area contributed by atoms with E-state index in [1.165, 1.54) is 0 Å². The quantitative estimate of drug-likeness (QED) is 0.708. The Morgan fingerprint density at radius 1 is 1.07 bits per heavy atom. The van der Waals surface area contributed by atoms with Gasteiger partial charge in [0.2, 0.25) is 10.0 Å². The van der Waals surface area contributed by atoms with Crippen molar-refractivity contribution < 1.29 is 22.7 Å². The number of hydrogen-bond acceptors (Lipinski definition) is 6. The number of fused-ring (bicyclic) bond motifs is 1. The lowest BCUT2D eigenvalue weighted by Gasteiger charge is -2.32. The molecule has 30 heavy (non-hydrogen) atoms. The zero-order chi connectivity index (χ0) is 21.1. The van der Waals surface area contributed by atoms with Crippen LogP contribution in [0.25, 0.3) is 0 Å². The van der Waals surface area contributed by atoms with Crippen molar-refractivity contribution in [3.8, 4) is 11.5 Å². The van der Waals surface area contributed by atoms with Gasteiger partial charge in [-0.1, -0.05) is 6.42 Å². The second kappa shape index (κ2) is 8.65. The predicted octanol–water partition coefficient (Wildman–Crippen LogP) is 3.32. The lowest BCUT2D eigenvalue weighted by molar-refractivity contribution is 0.100. The Balaban J connectivity index is 1.39. The van der Waals surface area contributed by atoms with Gasteiger partial charge >= 0.3 is 0 Å². The number of piperidine rings is 1. The first-order valence-corrected chi connectivity index (χ1v) is 11.7. The first-order valence-electron chi connectivity index (χ1n) is 10.2. The minimum Gasteiger partial charge on any atom is -0.486 e. The number of nitrogens with zero attached hydrogens (tertiary/aromatic N) is 1. The van der Waals surface area contributed by atoms with E-state index in [-0.39, 0.29) is 23.3 Å². The number of sulfonamides is 1. The van der Waals surface area contributed by atoms with Crippen molar-refractivity contribution in [1.29, 1.82) is 0 Å². The lowest BCUT2D eigenvalue weighted by atomic mass is 10.1. The minimum absolute atomic E-state index is 0.0187. The van der Waals surface area contributed by atoms with Crippen LogP contribution in [0.4, 0.5) is 5.69 Å². The maximum atomic E-state index is 12.9. The second-order valence-electron chi connectivity index (χ2n) is 7.62. The van der Waals surface area contributed by atoms with Gasteiger partial charge in [-0.25, -0.2) is 8.42 Å². The highest BCUT2D eigenvalue weighted by Crippen LogP contribution is 2.31. The summed E-state index contributed by atoms with van der Waals surface area (Å²) >= 11 is 0. The minimum atomic E-state index is -3.50. The van der Waals surface area contributed by atoms with Gasteiger partial charge in [-0.2, -0.15) is 4.31 Å². The maximum Gasteiger partial charge on any atom is 0.243 e. The van der Waals surface area contributed by atoms with Gasteiger partial charge in [0.1, 0.15) is 13.2 Å². The highest BCUT2D eigenvalue weighted by molar-refractivity contribution is 7.89. The Hall–Kier alpha value is -2.58. The van der Waals surface area contributed by atoms with E-state index >= 15 is 0 Å². The Morgan fingerprint density at radius 2 is 1.80 bits per heavy atom. The summed E-state index contributed by atoms with van der Waals surface area (Å²) in [5, 5.41) is 3.06. The summed E-state index contributed by atoms with van der Waals surface area (Å²) in [5.41, 5.74) is 1.22. The van der Waals surface area contributed by atoms with E-state index in [0.717, 1.165) is 19.3 Å². The summed E-state index contributed by atoms with van der Waals surface area (Å²) in [6.07, 6.45) is 2.85. The van der Waals surface area contributed by atoms with Gasteiger partial charge < -0.3 is 14.8 Å². The summed E-state index contributed by atoms with van der Waals surface area (Å²) in [5.74, 6) is 1.13. The molecule has 160 valence electrons. The Bertz CT molecular complexity index is 1020. The van der Waals surface area contributed by atoms with Gasteiger partial charge in [0.05, 0.1) is 11.4 Å². The van der Waals surface area contributed by atoms with E-state index in [0.29, 0.717) is 42.5 Å². The van der Waals surface area contributed by atoms with Crippen molar-refractivity contribution in [3.05, 3.63) is 48.0 Å². The number of carbonyl (C=O) groups excluding carboxylic acids is 1. The summed E-state index contributed by atoms with van der Waals surface area (Å²) in [7, 11) is -3.50. The largest absolute Gasteiger partial charge is 0.486 e. The van der Waals surface area contributed by atoms with Gasteiger partial charge in [0.25, 0.3) is 0 Å². The number of anilines is 1. The number of hydrogen-bond donors (Lipinski definition) is 1. The highest BCUT2D eigenvalue weighted by Gasteiger charge is 2.30. The SMILES string of the molecule is CC1CCCCN1S(=O)(=O)c1ccc(NCC(=O)c2ccc3c(c2)OCCO3)cc1. The van der Waals surface area contributed by atoms with Crippen LogP contribution in [0.1, 0.15) is 36.5 Å². The molecule has 2 aliphatic heterocycles. The number of rotatable bonds is 6. The van der Waals surface area contributed by atoms with Gasteiger partial charge in [-0.15, -0.1) is 0 Å². The third kappa shape index (κ3) is 4.29. The molecule has 7 nitrogen and oxygen atoms in total. The average molecular weight is 431 g/mol. The number of ketones is 1. The molecule has 0 spiro atoms. The van der Waals surface area contributed by atoms with Crippen LogP contribution in [0.3, 0.4) is 0 Å². The predicted molar refractivity (Wildman–Crippen MR) is 114 cm³/mol. The number of ether oxygens (including phenoxy) is 2. The van der Waals surface area contributed by atoms with Crippen LogP contribution in [0.15, 0.2) is 47.4 Å². The van der Waals surface area contributed by atoms with Gasteiger partial charge in [-0.05, 0) is 62.2 Å². The molecule has 1 saturated heterocycles. The first kappa shape index (κ1) is 20.7. The fraction of sp³-hybridized carbons (Fsp3) is 0.409. The molecule has 0 amide bonds. The van der Waals surface area contributed by atoms with Crippen LogP contribution in [-0.4, -0.2) is 50.9 Å². The molecular formula is C22H26N2O5S. The van der Waals surface area contributed by atoms with Crippen molar-refractivity contribution >= 4 is 21.5 Å². The molecule has 8 heteroatoms. The van der Waals surface area contributed by atoms with Crippen molar-refractivity contribution in [2.45, 2.75) is 37.1 Å². The molecule has 1 unspecified atom stereocenters. The second-order valence-corrected chi connectivity index (χ2v) is 9.51. The molecule has 2 aliphatic rings. The van der Waals surface area contributed by atoms with Crippen LogP contribution in [0, 0.1) is 0 Å². The average Bonchev–Trinajstić information content (AvgIpc) is 2.77. The third-order valence-corrected chi connectivity index (χ3v) is 7.55. The normalized spacial score (nSPS) is 19.3. The molecule has 1 N–H and O–H groups in total. The van der Waals surface area contributed by atoms with Gasteiger partial charge in [-0.3, -0.25) is 4.79 Å². The zero-order valence-corrected chi connectivity index (χ0v) is 17.8. The van der Waals surface area contributed by atoms with Crippen molar-refractivity contribution in [1.82, 2.24) is 4.31 Å². The molecule has 4 rings (SSSR count). The maximum absolute atomic E-state index is 12.9. The van der Waals surface area contributed by atoms with Crippen LogP contribution in [0.2, 0.25) is 0 Å². The van der Waals surface area contributed by atoms with Gasteiger partial charge in [0, 0.05) is 23.8 Å². The molecule has 0 aliphatic carbocycles.